The normalized spacial score (nSPS) is 16.7. The van der Waals surface area contributed by atoms with Gasteiger partial charge in [-0.15, -0.1) is 0 Å². The van der Waals surface area contributed by atoms with Crippen LogP contribution in [0.4, 0.5) is 0 Å². The van der Waals surface area contributed by atoms with Crippen LogP contribution in [0.2, 0.25) is 0 Å². The molecule has 0 bridgehead atoms. The molecular formula is C6H15O2PS. The molecule has 0 aromatic rings. The van der Waals surface area contributed by atoms with Crippen LogP contribution in [-0.4, -0.2) is 17.7 Å². The molecule has 0 aliphatic carbocycles. The highest BCUT2D eigenvalue weighted by Gasteiger charge is 2.10. The van der Waals surface area contributed by atoms with Crippen molar-refractivity contribution >= 4 is 18.3 Å². The van der Waals surface area contributed by atoms with E-state index in [1.807, 2.05) is 13.8 Å². The molecule has 62 valence electrons. The highest BCUT2D eigenvalue weighted by molar-refractivity contribution is 8.09. The maximum Gasteiger partial charge on any atom is 0.186 e. The van der Waals surface area contributed by atoms with Gasteiger partial charge in [-0.05, 0) is 24.6 Å². The maximum atomic E-state index is 9.35. The third-order valence-corrected chi connectivity index (χ3v) is 3.47. The Morgan fingerprint density at radius 2 is 2.00 bits per heavy atom. The zero-order chi connectivity index (χ0) is 8.04. The predicted octanol–water partition coefficient (Wildman–Crippen LogP) is 2.12. The van der Waals surface area contributed by atoms with Crippen LogP contribution < -0.4 is 0 Å². The molecule has 4 heteroatoms. The van der Waals surface area contributed by atoms with Crippen molar-refractivity contribution in [3.63, 3.8) is 0 Å². The van der Waals surface area contributed by atoms with Crippen LogP contribution >= 0.6 is 6.49 Å². The molecule has 2 nitrogen and oxygen atoms in total. The molecule has 0 heterocycles. The van der Waals surface area contributed by atoms with E-state index in [9.17, 15) is 4.89 Å². The van der Waals surface area contributed by atoms with Crippen LogP contribution in [0.1, 0.15) is 26.7 Å². The van der Waals surface area contributed by atoms with Crippen LogP contribution in [0.5, 0.6) is 0 Å². The lowest BCUT2D eigenvalue weighted by Crippen LogP contribution is -1.94. The lowest BCUT2D eigenvalue weighted by atomic mass is 10.5. The lowest BCUT2D eigenvalue weighted by Gasteiger charge is -2.13. The maximum absolute atomic E-state index is 9.35. The van der Waals surface area contributed by atoms with E-state index in [1.165, 1.54) is 0 Å². The summed E-state index contributed by atoms with van der Waals surface area (Å²) in [4.78, 5) is 9.35. The standard InChI is InChI=1S/C6H15O2PS/c1-3-5-8-9(7,10)6-4-2/h3-6H2,1-2H3,(H,7,10). The summed E-state index contributed by atoms with van der Waals surface area (Å²) in [6.45, 7) is 2.21. The number of hydrogen-bond acceptors (Lipinski definition) is 2. The summed E-state index contributed by atoms with van der Waals surface area (Å²) in [5.41, 5.74) is 0. The molecule has 0 aliphatic heterocycles. The Hall–Kier alpha value is 0.570. The molecule has 1 atom stereocenters. The average Bonchev–Trinajstić information content (AvgIpc) is 1.84. The van der Waals surface area contributed by atoms with Crippen molar-refractivity contribution in [2.75, 3.05) is 12.8 Å². The van der Waals surface area contributed by atoms with E-state index in [0.29, 0.717) is 12.8 Å². The molecule has 0 spiro atoms. The summed E-state index contributed by atoms with van der Waals surface area (Å²) < 4.78 is 5.10. The Balaban J connectivity index is 3.53. The van der Waals surface area contributed by atoms with Gasteiger partial charge in [0.2, 0.25) is 0 Å². The molecule has 0 aliphatic rings. The second-order valence-electron chi connectivity index (χ2n) is 2.19. The molecule has 1 unspecified atom stereocenters. The van der Waals surface area contributed by atoms with Gasteiger partial charge < -0.3 is 9.42 Å². The highest BCUT2D eigenvalue weighted by atomic mass is 32.5. The first-order chi connectivity index (χ1) is 4.62. The van der Waals surface area contributed by atoms with E-state index in [0.717, 1.165) is 12.8 Å². The SMILES string of the molecule is CCCOP(O)(=S)CCC. The Kier molecular flexibility index (Phi) is 5.55. The molecule has 0 aromatic carbocycles. The largest absolute Gasteiger partial charge is 0.345 e. The van der Waals surface area contributed by atoms with Crippen molar-refractivity contribution in [1.29, 1.82) is 0 Å². The van der Waals surface area contributed by atoms with Crippen molar-refractivity contribution in [2.45, 2.75) is 26.7 Å². The Morgan fingerprint density at radius 1 is 1.40 bits per heavy atom. The monoisotopic (exact) mass is 182 g/mol. The van der Waals surface area contributed by atoms with Gasteiger partial charge in [0.25, 0.3) is 0 Å². The van der Waals surface area contributed by atoms with Gasteiger partial charge in [0.05, 0.1) is 6.61 Å². The second-order valence-corrected chi connectivity index (χ2v) is 5.89. The molecular weight excluding hydrogens is 167 g/mol. The Morgan fingerprint density at radius 3 is 2.40 bits per heavy atom. The average molecular weight is 182 g/mol. The molecule has 0 radical (unpaired) electrons. The molecule has 1 N–H and O–H groups in total. The third-order valence-electron chi connectivity index (χ3n) is 1.00. The zero-order valence-electron chi connectivity index (χ0n) is 6.54. The summed E-state index contributed by atoms with van der Waals surface area (Å²) in [6.07, 6.45) is 2.46. The molecule has 0 fully saturated rings. The van der Waals surface area contributed by atoms with Gasteiger partial charge in [-0.1, -0.05) is 13.8 Å². The Labute approximate surface area is 67.8 Å². The summed E-state index contributed by atoms with van der Waals surface area (Å²) in [7, 11) is 0. The summed E-state index contributed by atoms with van der Waals surface area (Å²) >= 11 is 4.85. The fourth-order valence-electron chi connectivity index (χ4n) is 0.581. The molecule has 0 rings (SSSR count). The minimum absolute atomic E-state index is 0.591. The number of rotatable bonds is 5. The predicted molar refractivity (Wildman–Crippen MR) is 47.9 cm³/mol. The van der Waals surface area contributed by atoms with Gasteiger partial charge in [0.15, 0.2) is 6.49 Å². The third kappa shape index (κ3) is 5.36. The van der Waals surface area contributed by atoms with Gasteiger partial charge in [-0.2, -0.15) is 0 Å². The van der Waals surface area contributed by atoms with Gasteiger partial charge in [0, 0.05) is 6.16 Å². The minimum atomic E-state index is -2.38. The molecule has 0 aromatic heterocycles. The van der Waals surface area contributed by atoms with Crippen LogP contribution in [-0.2, 0) is 16.3 Å². The van der Waals surface area contributed by atoms with E-state index in [4.69, 9.17) is 16.3 Å². The highest BCUT2D eigenvalue weighted by Crippen LogP contribution is 2.42. The van der Waals surface area contributed by atoms with Gasteiger partial charge in [-0.3, -0.25) is 0 Å². The van der Waals surface area contributed by atoms with Crippen molar-refractivity contribution in [2.24, 2.45) is 0 Å². The molecule has 0 saturated carbocycles. The zero-order valence-corrected chi connectivity index (χ0v) is 8.25. The van der Waals surface area contributed by atoms with E-state index < -0.39 is 6.49 Å². The minimum Gasteiger partial charge on any atom is -0.345 e. The van der Waals surface area contributed by atoms with Crippen molar-refractivity contribution in [3.8, 4) is 0 Å². The lowest BCUT2D eigenvalue weighted by molar-refractivity contribution is 0.307. The van der Waals surface area contributed by atoms with E-state index in [1.54, 1.807) is 0 Å². The Bertz CT molecular complexity index is 127. The topological polar surface area (TPSA) is 29.5 Å². The summed E-state index contributed by atoms with van der Waals surface area (Å²) in [5, 5.41) is 0. The van der Waals surface area contributed by atoms with Crippen molar-refractivity contribution in [1.82, 2.24) is 0 Å². The van der Waals surface area contributed by atoms with Crippen molar-refractivity contribution < 1.29 is 9.42 Å². The summed E-state index contributed by atoms with van der Waals surface area (Å²) in [5.74, 6) is 0. The van der Waals surface area contributed by atoms with Gasteiger partial charge in [-0.25, -0.2) is 0 Å². The fourth-order valence-corrected chi connectivity index (χ4v) is 2.51. The second kappa shape index (κ2) is 5.25. The van der Waals surface area contributed by atoms with Crippen LogP contribution in [0.3, 0.4) is 0 Å². The van der Waals surface area contributed by atoms with Crippen LogP contribution in [0, 0.1) is 0 Å². The van der Waals surface area contributed by atoms with Crippen molar-refractivity contribution in [3.05, 3.63) is 0 Å². The quantitative estimate of drug-likeness (QED) is 0.660. The number of hydrogen-bond donors (Lipinski definition) is 1. The summed E-state index contributed by atoms with van der Waals surface area (Å²) in [6, 6.07) is 0. The van der Waals surface area contributed by atoms with E-state index in [-0.39, 0.29) is 0 Å². The van der Waals surface area contributed by atoms with Gasteiger partial charge in [0.1, 0.15) is 0 Å². The van der Waals surface area contributed by atoms with E-state index in [2.05, 4.69) is 0 Å². The van der Waals surface area contributed by atoms with E-state index >= 15 is 0 Å². The first kappa shape index (κ1) is 10.6. The molecule has 0 amide bonds. The molecule has 0 saturated heterocycles. The smallest absolute Gasteiger partial charge is 0.186 e. The first-order valence-electron chi connectivity index (χ1n) is 3.58. The first-order valence-corrected chi connectivity index (χ1v) is 6.44. The fraction of sp³-hybridized carbons (Fsp3) is 1.00. The van der Waals surface area contributed by atoms with Crippen LogP contribution in [0.15, 0.2) is 0 Å². The molecule has 10 heavy (non-hydrogen) atoms. The van der Waals surface area contributed by atoms with Crippen LogP contribution in [0.25, 0.3) is 0 Å². The van der Waals surface area contributed by atoms with Gasteiger partial charge >= 0.3 is 0 Å².